The number of hydrogen-bond donors (Lipinski definition) is 3. The number of methoxy groups -OCH3 is 1. The Kier molecular flexibility index (Phi) is 5.11. The number of nitrogens with zero attached hydrogens (tertiary/aromatic N) is 1. The molecule has 1 rings (SSSR count). The third-order valence-corrected chi connectivity index (χ3v) is 2.60. The molecule has 104 valence electrons. The molecule has 1 unspecified atom stereocenters. The summed E-state index contributed by atoms with van der Waals surface area (Å²) in [5.74, 6) is -1.29. The summed E-state index contributed by atoms with van der Waals surface area (Å²) in [6.45, 7) is 1.87. The van der Waals surface area contributed by atoms with Crippen molar-refractivity contribution in [2.45, 2.75) is 6.92 Å². The van der Waals surface area contributed by atoms with Crippen LogP contribution in [0.2, 0.25) is 0 Å². The molecule has 0 aliphatic heterocycles. The molecule has 0 aliphatic carbocycles. The van der Waals surface area contributed by atoms with Crippen molar-refractivity contribution < 1.29 is 19.1 Å². The number of amides is 1. The largest absolute Gasteiger partial charge is 0.494 e. The lowest BCUT2D eigenvalue weighted by Gasteiger charge is -2.11. The summed E-state index contributed by atoms with van der Waals surface area (Å²) < 4.78 is 18.2. The first-order chi connectivity index (χ1) is 8.99. The summed E-state index contributed by atoms with van der Waals surface area (Å²) in [5, 5.41) is 13.9. The van der Waals surface area contributed by atoms with Crippen LogP contribution < -0.4 is 15.8 Å². The van der Waals surface area contributed by atoms with Gasteiger partial charge in [0.25, 0.3) is 5.91 Å². The van der Waals surface area contributed by atoms with Crippen molar-refractivity contribution in [1.29, 1.82) is 0 Å². The van der Waals surface area contributed by atoms with Crippen LogP contribution in [0.4, 0.5) is 4.39 Å². The van der Waals surface area contributed by atoms with Crippen LogP contribution in [0.25, 0.3) is 0 Å². The highest BCUT2D eigenvalue weighted by Crippen LogP contribution is 2.17. The maximum absolute atomic E-state index is 13.4. The lowest BCUT2D eigenvalue weighted by atomic mass is 10.1. The van der Waals surface area contributed by atoms with Gasteiger partial charge < -0.3 is 21.0 Å². The second-order valence-corrected chi connectivity index (χ2v) is 3.99. The fourth-order valence-corrected chi connectivity index (χ4v) is 1.36. The molecular formula is C12H16FN3O3. The van der Waals surface area contributed by atoms with Crippen LogP contribution in [0.15, 0.2) is 23.4 Å². The fourth-order valence-electron chi connectivity index (χ4n) is 1.36. The Morgan fingerprint density at radius 3 is 2.84 bits per heavy atom. The van der Waals surface area contributed by atoms with Crippen LogP contribution in [0.1, 0.15) is 17.3 Å². The predicted octanol–water partition coefficient (Wildman–Crippen LogP) is 0.947. The van der Waals surface area contributed by atoms with Gasteiger partial charge in [0.1, 0.15) is 5.84 Å². The van der Waals surface area contributed by atoms with Gasteiger partial charge in [0.15, 0.2) is 11.6 Å². The van der Waals surface area contributed by atoms with Crippen LogP contribution in [-0.2, 0) is 0 Å². The van der Waals surface area contributed by atoms with Gasteiger partial charge in [-0.25, -0.2) is 4.39 Å². The number of benzene rings is 1. The van der Waals surface area contributed by atoms with Crippen molar-refractivity contribution in [3.8, 4) is 5.75 Å². The average molecular weight is 269 g/mol. The monoisotopic (exact) mass is 269 g/mol. The summed E-state index contributed by atoms with van der Waals surface area (Å²) >= 11 is 0. The Balaban J connectivity index is 2.66. The van der Waals surface area contributed by atoms with Crippen molar-refractivity contribution >= 4 is 11.7 Å². The Morgan fingerprint density at radius 1 is 1.63 bits per heavy atom. The van der Waals surface area contributed by atoms with Crippen molar-refractivity contribution in [2.75, 3.05) is 13.7 Å². The van der Waals surface area contributed by atoms with Gasteiger partial charge in [-0.15, -0.1) is 0 Å². The molecule has 1 atom stereocenters. The van der Waals surface area contributed by atoms with Gasteiger partial charge >= 0.3 is 0 Å². The van der Waals surface area contributed by atoms with Crippen LogP contribution in [0.5, 0.6) is 5.75 Å². The summed E-state index contributed by atoms with van der Waals surface area (Å²) in [4.78, 5) is 11.8. The van der Waals surface area contributed by atoms with Gasteiger partial charge in [0, 0.05) is 18.0 Å². The topological polar surface area (TPSA) is 96.9 Å². The molecule has 0 aromatic heterocycles. The number of carbonyl (C=O) groups is 1. The molecule has 1 amide bonds. The minimum Gasteiger partial charge on any atom is -0.494 e. The highest BCUT2D eigenvalue weighted by atomic mass is 19.1. The van der Waals surface area contributed by atoms with Crippen molar-refractivity contribution in [3.05, 3.63) is 29.6 Å². The van der Waals surface area contributed by atoms with Crippen molar-refractivity contribution in [2.24, 2.45) is 16.8 Å². The first-order valence-corrected chi connectivity index (χ1v) is 5.58. The van der Waals surface area contributed by atoms with Gasteiger partial charge in [-0.05, 0) is 18.2 Å². The molecule has 19 heavy (non-hydrogen) atoms. The van der Waals surface area contributed by atoms with E-state index in [1.807, 2.05) is 0 Å². The van der Waals surface area contributed by atoms with Crippen molar-refractivity contribution in [3.63, 3.8) is 0 Å². The quantitative estimate of drug-likeness (QED) is 0.321. The first-order valence-electron chi connectivity index (χ1n) is 5.58. The van der Waals surface area contributed by atoms with E-state index in [0.717, 1.165) is 6.07 Å². The molecular weight excluding hydrogens is 253 g/mol. The second-order valence-electron chi connectivity index (χ2n) is 3.99. The molecule has 6 nitrogen and oxygen atoms in total. The molecule has 1 aromatic rings. The van der Waals surface area contributed by atoms with Gasteiger partial charge in [0.05, 0.1) is 7.11 Å². The highest BCUT2D eigenvalue weighted by molar-refractivity contribution is 5.94. The standard InChI is InChI=1S/C12H16FN3O3/c1-7(11(14)16-18)6-15-12(17)8-3-4-10(19-2)9(13)5-8/h3-5,7,18H,6H2,1-2H3,(H2,14,16)(H,15,17). The summed E-state index contributed by atoms with van der Waals surface area (Å²) in [7, 11) is 1.34. The number of hydrogen-bond acceptors (Lipinski definition) is 4. The molecule has 4 N–H and O–H groups in total. The minimum atomic E-state index is -0.611. The van der Waals surface area contributed by atoms with E-state index in [-0.39, 0.29) is 29.6 Å². The summed E-state index contributed by atoms with van der Waals surface area (Å²) in [6.07, 6.45) is 0. The number of nitrogens with one attached hydrogen (secondary N) is 1. The zero-order valence-electron chi connectivity index (χ0n) is 10.7. The third kappa shape index (κ3) is 3.84. The lowest BCUT2D eigenvalue weighted by Crippen LogP contribution is -2.34. The van der Waals surface area contributed by atoms with Crippen LogP contribution >= 0.6 is 0 Å². The number of nitrogens with two attached hydrogens (primary N) is 1. The van der Waals surface area contributed by atoms with E-state index in [4.69, 9.17) is 15.7 Å². The van der Waals surface area contributed by atoms with E-state index in [1.165, 1.54) is 19.2 Å². The molecule has 0 bridgehead atoms. The lowest BCUT2D eigenvalue weighted by molar-refractivity contribution is 0.0950. The molecule has 0 saturated carbocycles. The maximum Gasteiger partial charge on any atom is 0.251 e. The molecule has 0 fully saturated rings. The second kappa shape index (κ2) is 6.58. The predicted molar refractivity (Wildman–Crippen MR) is 67.9 cm³/mol. The Labute approximate surface area is 110 Å². The highest BCUT2D eigenvalue weighted by Gasteiger charge is 2.13. The zero-order chi connectivity index (χ0) is 14.4. The van der Waals surface area contributed by atoms with E-state index in [2.05, 4.69) is 10.5 Å². The van der Waals surface area contributed by atoms with Crippen LogP contribution in [-0.4, -0.2) is 30.6 Å². The molecule has 0 spiro atoms. The Bertz CT molecular complexity index is 491. The van der Waals surface area contributed by atoms with E-state index in [1.54, 1.807) is 6.92 Å². The van der Waals surface area contributed by atoms with Crippen LogP contribution in [0.3, 0.4) is 0 Å². The summed E-state index contributed by atoms with van der Waals surface area (Å²) in [5.41, 5.74) is 5.55. The number of rotatable bonds is 5. The SMILES string of the molecule is COc1ccc(C(=O)NCC(C)/C(N)=N/O)cc1F. The molecule has 0 heterocycles. The normalized spacial score (nSPS) is 12.9. The Morgan fingerprint density at radius 2 is 2.32 bits per heavy atom. The smallest absolute Gasteiger partial charge is 0.251 e. The first kappa shape index (κ1) is 14.7. The number of ether oxygens (including phenoxy) is 1. The number of oxime groups is 1. The van der Waals surface area contributed by atoms with E-state index in [9.17, 15) is 9.18 Å². The number of carbonyl (C=O) groups excluding carboxylic acids is 1. The van der Waals surface area contributed by atoms with E-state index >= 15 is 0 Å². The van der Waals surface area contributed by atoms with Gasteiger partial charge in [-0.1, -0.05) is 12.1 Å². The molecule has 7 heteroatoms. The van der Waals surface area contributed by atoms with E-state index in [0.29, 0.717) is 0 Å². The number of amidine groups is 1. The molecule has 1 aromatic carbocycles. The van der Waals surface area contributed by atoms with Crippen molar-refractivity contribution in [1.82, 2.24) is 5.32 Å². The van der Waals surface area contributed by atoms with E-state index < -0.39 is 11.7 Å². The van der Waals surface area contributed by atoms with Crippen LogP contribution in [0, 0.1) is 11.7 Å². The van der Waals surface area contributed by atoms with Gasteiger partial charge in [-0.3, -0.25) is 4.79 Å². The maximum atomic E-state index is 13.4. The minimum absolute atomic E-state index is 0.0150. The number of halogens is 1. The Hall–Kier alpha value is -2.31. The average Bonchev–Trinajstić information content (AvgIpc) is 2.43. The zero-order valence-corrected chi connectivity index (χ0v) is 10.7. The molecule has 0 aliphatic rings. The fraction of sp³-hybridized carbons (Fsp3) is 0.333. The third-order valence-electron chi connectivity index (χ3n) is 2.60. The molecule has 0 radical (unpaired) electrons. The molecule has 0 saturated heterocycles. The van der Waals surface area contributed by atoms with Gasteiger partial charge in [0.2, 0.25) is 0 Å². The summed E-state index contributed by atoms with van der Waals surface area (Å²) in [6, 6.07) is 3.91. The van der Waals surface area contributed by atoms with Gasteiger partial charge in [-0.2, -0.15) is 0 Å².